The molecule has 2 heterocycles. The van der Waals surface area contributed by atoms with Crippen LogP contribution in [0.4, 0.5) is 4.39 Å². The fourth-order valence-corrected chi connectivity index (χ4v) is 2.22. The lowest BCUT2D eigenvalue weighted by Crippen LogP contribution is -2.26. The van der Waals surface area contributed by atoms with Gasteiger partial charge >= 0.3 is 0 Å². The van der Waals surface area contributed by atoms with Crippen molar-refractivity contribution in [3.8, 4) is 0 Å². The summed E-state index contributed by atoms with van der Waals surface area (Å²) < 4.78 is 13.4. The van der Waals surface area contributed by atoms with Gasteiger partial charge in [-0.05, 0) is 17.5 Å². The van der Waals surface area contributed by atoms with Crippen LogP contribution in [0.1, 0.15) is 15.2 Å². The lowest BCUT2D eigenvalue weighted by Gasteiger charge is -2.16. The molecule has 2 aromatic rings. The average molecular weight is 250 g/mol. The maximum Gasteiger partial charge on any atom is 0.257 e. The number of pyridine rings is 1. The number of hydrogen-bond donors (Lipinski definition) is 0. The number of nitrogens with zero attached hydrogens (tertiary/aromatic N) is 2. The highest BCUT2D eigenvalue weighted by Crippen LogP contribution is 2.14. The highest BCUT2D eigenvalue weighted by molar-refractivity contribution is 7.09. The molecule has 2 aromatic heterocycles. The molecule has 0 bridgehead atoms. The monoisotopic (exact) mass is 250 g/mol. The van der Waals surface area contributed by atoms with Gasteiger partial charge in [0.05, 0.1) is 18.3 Å². The second kappa shape index (κ2) is 5.05. The minimum atomic E-state index is -0.587. The van der Waals surface area contributed by atoms with E-state index in [4.69, 9.17) is 0 Å². The Bertz CT molecular complexity index is 513. The van der Waals surface area contributed by atoms with Crippen LogP contribution in [-0.4, -0.2) is 22.8 Å². The Morgan fingerprint density at radius 2 is 2.35 bits per heavy atom. The van der Waals surface area contributed by atoms with Crippen molar-refractivity contribution >= 4 is 17.2 Å². The first-order chi connectivity index (χ1) is 8.18. The largest absolute Gasteiger partial charge is 0.336 e. The lowest BCUT2D eigenvalue weighted by molar-refractivity contribution is 0.0781. The van der Waals surface area contributed by atoms with Crippen LogP contribution >= 0.6 is 11.3 Å². The second-order valence-electron chi connectivity index (χ2n) is 3.60. The van der Waals surface area contributed by atoms with Crippen molar-refractivity contribution in [1.82, 2.24) is 9.88 Å². The minimum absolute atomic E-state index is 0.0547. The van der Waals surface area contributed by atoms with Gasteiger partial charge in [0.1, 0.15) is 0 Å². The molecule has 0 saturated carbocycles. The molecule has 0 spiro atoms. The van der Waals surface area contributed by atoms with Gasteiger partial charge in [-0.1, -0.05) is 6.07 Å². The van der Waals surface area contributed by atoms with Gasteiger partial charge in [-0.3, -0.25) is 9.78 Å². The Hall–Kier alpha value is -1.75. The maximum atomic E-state index is 13.4. The number of amides is 1. The molecular weight excluding hydrogens is 239 g/mol. The van der Waals surface area contributed by atoms with Gasteiger partial charge in [0.25, 0.3) is 5.91 Å². The van der Waals surface area contributed by atoms with E-state index < -0.39 is 5.82 Å². The number of halogens is 1. The van der Waals surface area contributed by atoms with Gasteiger partial charge in [-0.25, -0.2) is 4.39 Å². The van der Waals surface area contributed by atoms with Gasteiger partial charge in [0.15, 0.2) is 5.82 Å². The summed E-state index contributed by atoms with van der Waals surface area (Å²) in [6.45, 7) is 0.484. The van der Waals surface area contributed by atoms with Crippen LogP contribution in [-0.2, 0) is 6.54 Å². The van der Waals surface area contributed by atoms with Crippen LogP contribution in [0.25, 0.3) is 0 Å². The summed E-state index contributed by atoms with van der Waals surface area (Å²) in [4.78, 5) is 18.1. The topological polar surface area (TPSA) is 33.2 Å². The van der Waals surface area contributed by atoms with Crippen molar-refractivity contribution in [2.45, 2.75) is 6.54 Å². The van der Waals surface area contributed by atoms with E-state index in [0.717, 1.165) is 11.1 Å². The van der Waals surface area contributed by atoms with Crippen LogP contribution in [0.2, 0.25) is 0 Å². The van der Waals surface area contributed by atoms with E-state index >= 15 is 0 Å². The third kappa shape index (κ3) is 2.68. The molecule has 0 aliphatic rings. The molecule has 0 aliphatic heterocycles. The van der Waals surface area contributed by atoms with Crippen molar-refractivity contribution in [2.24, 2.45) is 0 Å². The smallest absolute Gasteiger partial charge is 0.257 e. The van der Waals surface area contributed by atoms with E-state index in [0.29, 0.717) is 6.54 Å². The number of carbonyl (C=O) groups is 1. The minimum Gasteiger partial charge on any atom is -0.336 e. The van der Waals surface area contributed by atoms with E-state index in [1.54, 1.807) is 18.4 Å². The predicted octanol–water partition coefficient (Wildman–Crippen LogP) is 2.55. The first kappa shape index (κ1) is 11.7. The van der Waals surface area contributed by atoms with Crippen LogP contribution in [0.3, 0.4) is 0 Å². The Labute approximate surface area is 103 Å². The summed E-state index contributed by atoms with van der Waals surface area (Å²) in [6.07, 6.45) is 2.46. The maximum absolute atomic E-state index is 13.4. The van der Waals surface area contributed by atoms with Crippen LogP contribution < -0.4 is 0 Å². The molecule has 0 saturated heterocycles. The van der Waals surface area contributed by atoms with Crippen molar-refractivity contribution in [2.75, 3.05) is 7.05 Å². The zero-order chi connectivity index (χ0) is 12.3. The third-order valence-corrected chi connectivity index (χ3v) is 3.18. The molecule has 3 nitrogen and oxygen atoms in total. The molecule has 0 atom stereocenters. The van der Waals surface area contributed by atoms with E-state index in [1.807, 2.05) is 17.5 Å². The Balaban J connectivity index is 2.13. The first-order valence-corrected chi connectivity index (χ1v) is 5.94. The highest BCUT2D eigenvalue weighted by Gasteiger charge is 2.16. The SMILES string of the molecule is CN(Cc1cccs1)C(=O)c1ccncc1F. The normalized spacial score (nSPS) is 10.2. The van der Waals surface area contributed by atoms with Crippen LogP contribution in [0.15, 0.2) is 36.0 Å². The summed E-state index contributed by atoms with van der Waals surface area (Å²) in [5.74, 6) is -0.922. The summed E-state index contributed by atoms with van der Waals surface area (Å²) in [7, 11) is 1.65. The molecule has 0 fully saturated rings. The average Bonchev–Trinajstić information content (AvgIpc) is 2.81. The highest BCUT2D eigenvalue weighted by atomic mass is 32.1. The molecule has 0 unspecified atom stereocenters. The van der Waals surface area contributed by atoms with Gasteiger partial charge in [0, 0.05) is 18.1 Å². The Morgan fingerprint density at radius 1 is 1.53 bits per heavy atom. The first-order valence-electron chi connectivity index (χ1n) is 5.06. The predicted molar refractivity (Wildman–Crippen MR) is 64.3 cm³/mol. The summed E-state index contributed by atoms with van der Waals surface area (Å²) in [5, 5.41) is 1.95. The van der Waals surface area contributed by atoms with Gasteiger partial charge < -0.3 is 4.90 Å². The second-order valence-corrected chi connectivity index (χ2v) is 4.63. The third-order valence-electron chi connectivity index (χ3n) is 2.32. The quantitative estimate of drug-likeness (QED) is 0.838. The molecule has 1 amide bonds. The molecule has 5 heteroatoms. The number of carbonyl (C=O) groups excluding carboxylic acids is 1. The molecule has 88 valence electrons. The standard InChI is InChI=1S/C12H11FN2OS/c1-15(8-9-3-2-6-17-9)12(16)10-4-5-14-7-11(10)13/h2-7H,8H2,1H3. The molecule has 0 aromatic carbocycles. The molecule has 2 rings (SSSR count). The van der Waals surface area contributed by atoms with Crippen LogP contribution in [0.5, 0.6) is 0 Å². The van der Waals surface area contributed by atoms with E-state index in [1.165, 1.54) is 17.2 Å². The molecular formula is C12H11FN2OS. The van der Waals surface area contributed by atoms with E-state index in [2.05, 4.69) is 4.98 Å². The zero-order valence-electron chi connectivity index (χ0n) is 9.26. The molecule has 17 heavy (non-hydrogen) atoms. The molecule has 0 radical (unpaired) electrons. The van der Waals surface area contributed by atoms with Crippen molar-refractivity contribution in [1.29, 1.82) is 0 Å². The lowest BCUT2D eigenvalue weighted by atomic mass is 10.2. The zero-order valence-corrected chi connectivity index (χ0v) is 10.1. The van der Waals surface area contributed by atoms with Crippen molar-refractivity contribution in [3.05, 3.63) is 52.2 Å². The molecule has 0 aliphatic carbocycles. The molecule has 0 N–H and O–H groups in total. The fraction of sp³-hybridized carbons (Fsp3) is 0.167. The summed E-state index contributed by atoms with van der Waals surface area (Å²) in [5.41, 5.74) is 0.0547. The number of hydrogen-bond acceptors (Lipinski definition) is 3. The van der Waals surface area contributed by atoms with Crippen molar-refractivity contribution < 1.29 is 9.18 Å². The Kier molecular flexibility index (Phi) is 3.49. The van der Waals surface area contributed by atoms with Gasteiger partial charge in [-0.2, -0.15) is 0 Å². The van der Waals surface area contributed by atoms with E-state index in [-0.39, 0.29) is 11.5 Å². The van der Waals surface area contributed by atoms with Crippen molar-refractivity contribution in [3.63, 3.8) is 0 Å². The summed E-state index contributed by atoms with van der Waals surface area (Å²) in [6, 6.07) is 5.26. The Morgan fingerprint density at radius 3 is 3.00 bits per heavy atom. The van der Waals surface area contributed by atoms with Crippen LogP contribution in [0, 0.1) is 5.82 Å². The number of thiophene rings is 1. The number of rotatable bonds is 3. The van der Waals surface area contributed by atoms with E-state index in [9.17, 15) is 9.18 Å². The van der Waals surface area contributed by atoms with Gasteiger partial charge in [-0.15, -0.1) is 11.3 Å². The number of aromatic nitrogens is 1. The van der Waals surface area contributed by atoms with Gasteiger partial charge in [0.2, 0.25) is 0 Å². The summed E-state index contributed by atoms with van der Waals surface area (Å²) >= 11 is 1.57. The fourth-order valence-electron chi connectivity index (χ4n) is 1.46.